The van der Waals surface area contributed by atoms with E-state index in [-0.39, 0.29) is 12.0 Å². The Labute approximate surface area is 183 Å². The van der Waals surface area contributed by atoms with E-state index < -0.39 is 0 Å². The molecule has 0 saturated carbocycles. The zero-order chi connectivity index (χ0) is 20.4. The lowest BCUT2D eigenvalue weighted by molar-refractivity contribution is 0.0526. The molecular formula is C21H25ClN2O3S2. The van der Waals surface area contributed by atoms with E-state index in [1.54, 1.807) is 18.3 Å². The van der Waals surface area contributed by atoms with E-state index in [0.717, 1.165) is 54.0 Å². The van der Waals surface area contributed by atoms with Gasteiger partial charge in [-0.05, 0) is 69.4 Å². The molecule has 0 aliphatic heterocycles. The number of carbonyl (C=O) groups excluding carboxylic acids is 2. The fourth-order valence-corrected chi connectivity index (χ4v) is 7.03. The molecule has 29 heavy (non-hydrogen) atoms. The zero-order valence-electron chi connectivity index (χ0n) is 16.5. The summed E-state index contributed by atoms with van der Waals surface area (Å²) in [4.78, 5) is 27.7. The first-order chi connectivity index (χ1) is 14.1. The van der Waals surface area contributed by atoms with Gasteiger partial charge in [0.25, 0.3) is 0 Å². The van der Waals surface area contributed by atoms with Gasteiger partial charge in [-0.15, -0.1) is 22.7 Å². The van der Waals surface area contributed by atoms with Gasteiger partial charge < -0.3 is 10.1 Å². The largest absolute Gasteiger partial charge is 0.462 e. The molecule has 2 heterocycles. The van der Waals surface area contributed by atoms with Crippen molar-refractivity contribution >= 4 is 51.3 Å². The highest BCUT2D eigenvalue weighted by Gasteiger charge is 2.27. The summed E-state index contributed by atoms with van der Waals surface area (Å²) in [6.07, 6.45) is 8.47. The average Bonchev–Trinajstić information content (AvgIpc) is 3.22. The van der Waals surface area contributed by atoms with Crippen molar-refractivity contribution in [1.29, 1.82) is 0 Å². The van der Waals surface area contributed by atoms with E-state index in [4.69, 9.17) is 16.3 Å². The average molecular weight is 453 g/mol. The fourth-order valence-electron chi connectivity index (χ4n) is 4.16. The summed E-state index contributed by atoms with van der Waals surface area (Å²) in [5, 5.41) is 6.42. The summed E-state index contributed by atoms with van der Waals surface area (Å²) in [6, 6.07) is -0.319. The van der Waals surface area contributed by atoms with E-state index in [1.807, 2.05) is 0 Å². The van der Waals surface area contributed by atoms with Crippen LogP contribution in [0.4, 0.5) is 9.80 Å². The maximum atomic E-state index is 12.6. The molecule has 0 spiro atoms. The fraction of sp³-hybridized carbons (Fsp3) is 0.524. The maximum Gasteiger partial charge on any atom is 0.341 e. The smallest absolute Gasteiger partial charge is 0.341 e. The summed E-state index contributed by atoms with van der Waals surface area (Å²) in [7, 11) is 0. The number of fused-ring (bicyclic) bond motifs is 2. The van der Waals surface area contributed by atoms with E-state index in [9.17, 15) is 9.59 Å². The maximum absolute atomic E-state index is 12.6. The van der Waals surface area contributed by atoms with Crippen molar-refractivity contribution in [2.45, 2.75) is 64.8 Å². The minimum atomic E-state index is -0.350. The Morgan fingerprint density at radius 1 is 1.00 bits per heavy atom. The van der Waals surface area contributed by atoms with Crippen LogP contribution in [0.1, 0.15) is 69.4 Å². The molecule has 0 saturated heterocycles. The molecule has 0 aromatic carbocycles. The van der Waals surface area contributed by atoms with Crippen LogP contribution in [0.25, 0.3) is 0 Å². The van der Waals surface area contributed by atoms with Crippen LogP contribution in [0.3, 0.4) is 0 Å². The molecular weight excluding hydrogens is 428 g/mol. The lowest BCUT2D eigenvalue weighted by Gasteiger charge is -2.14. The number of anilines is 1. The van der Waals surface area contributed by atoms with Gasteiger partial charge in [0.2, 0.25) is 0 Å². The molecule has 0 unspecified atom stereocenters. The predicted molar refractivity (Wildman–Crippen MR) is 119 cm³/mol. The number of halogens is 1. The molecule has 2 amide bonds. The van der Waals surface area contributed by atoms with Crippen molar-refractivity contribution in [2.24, 2.45) is 0 Å². The van der Waals surface area contributed by atoms with Crippen LogP contribution in [0.2, 0.25) is 4.34 Å². The Morgan fingerprint density at radius 3 is 2.38 bits per heavy atom. The number of rotatable bonds is 5. The second-order valence-corrected chi connectivity index (χ2v) is 10.2. The number of urea groups is 1. The second kappa shape index (κ2) is 9.06. The number of esters is 1. The number of hydrogen-bond donors (Lipinski definition) is 2. The van der Waals surface area contributed by atoms with E-state index in [1.165, 1.54) is 39.5 Å². The number of carbonyl (C=O) groups is 2. The Balaban J connectivity index is 1.48. The molecule has 2 N–H and O–H groups in total. The highest BCUT2D eigenvalue weighted by Crippen LogP contribution is 2.39. The van der Waals surface area contributed by atoms with Gasteiger partial charge >= 0.3 is 12.0 Å². The lowest BCUT2D eigenvalue weighted by atomic mass is 9.95. The third kappa shape index (κ3) is 4.32. The summed E-state index contributed by atoms with van der Waals surface area (Å²) in [5.41, 5.74) is 3.93. The molecule has 2 aromatic heterocycles. The van der Waals surface area contributed by atoms with Gasteiger partial charge in [-0.3, -0.25) is 5.32 Å². The minimum absolute atomic E-state index is 0.316. The van der Waals surface area contributed by atoms with E-state index in [0.29, 0.717) is 23.7 Å². The molecule has 0 radical (unpaired) electrons. The quantitative estimate of drug-likeness (QED) is 0.570. The van der Waals surface area contributed by atoms with Gasteiger partial charge in [-0.25, -0.2) is 9.59 Å². The molecule has 4 rings (SSSR count). The molecule has 5 nitrogen and oxygen atoms in total. The van der Waals surface area contributed by atoms with Gasteiger partial charge in [-0.1, -0.05) is 11.6 Å². The zero-order valence-corrected chi connectivity index (χ0v) is 18.9. The number of aryl methyl sites for hydroxylation is 2. The van der Waals surface area contributed by atoms with Crippen molar-refractivity contribution in [1.82, 2.24) is 5.32 Å². The van der Waals surface area contributed by atoms with Crippen LogP contribution in [0, 0.1) is 0 Å². The Bertz CT molecular complexity index is 935. The number of ether oxygens (including phenoxy) is 1. The van der Waals surface area contributed by atoms with Gasteiger partial charge in [0.15, 0.2) is 0 Å². The monoisotopic (exact) mass is 452 g/mol. The van der Waals surface area contributed by atoms with Gasteiger partial charge in [-0.2, -0.15) is 0 Å². The van der Waals surface area contributed by atoms with Crippen molar-refractivity contribution < 1.29 is 14.3 Å². The van der Waals surface area contributed by atoms with Gasteiger partial charge in [0, 0.05) is 21.9 Å². The molecule has 2 aromatic rings. The normalized spacial score (nSPS) is 15.4. The summed E-state index contributed by atoms with van der Waals surface area (Å²) >= 11 is 9.57. The SMILES string of the molecule is CCOC(=O)c1c(NC(=O)NCc2c(Cl)sc3c2CCCC3)sc2c1CCCC2. The Morgan fingerprint density at radius 2 is 1.66 bits per heavy atom. The van der Waals surface area contributed by atoms with Gasteiger partial charge in [0.1, 0.15) is 5.00 Å². The van der Waals surface area contributed by atoms with Crippen molar-refractivity contribution in [3.63, 3.8) is 0 Å². The van der Waals surface area contributed by atoms with Crippen LogP contribution in [-0.2, 0) is 37.0 Å². The number of nitrogens with one attached hydrogen (secondary N) is 2. The van der Waals surface area contributed by atoms with Crippen molar-refractivity contribution in [2.75, 3.05) is 11.9 Å². The van der Waals surface area contributed by atoms with Crippen molar-refractivity contribution in [3.05, 3.63) is 36.3 Å². The first-order valence-corrected chi connectivity index (χ1v) is 12.2. The van der Waals surface area contributed by atoms with Crippen LogP contribution in [0.15, 0.2) is 0 Å². The van der Waals surface area contributed by atoms with Gasteiger partial charge in [0.05, 0.1) is 16.5 Å². The molecule has 8 heteroatoms. The van der Waals surface area contributed by atoms with Crippen LogP contribution in [0.5, 0.6) is 0 Å². The Hall–Kier alpha value is -1.57. The Kier molecular flexibility index (Phi) is 6.47. The third-order valence-electron chi connectivity index (χ3n) is 5.54. The predicted octanol–water partition coefficient (Wildman–Crippen LogP) is 5.72. The third-order valence-corrected chi connectivity index (χ3v) is 8.32. The molecule has 0 atom stereocenters. The minimum Gasteiger partial charge on any atom is -0.462 e. The van der Waals surface area contributed by atoms with Crippen LogP contribution in [-0.4, -0.2) is 18.6 Å². The molecule has 2 aliphatic carbocycles. The summed E-state index contributed by atoms with van der Waals surface area (Å²) in [5.74, 6) is -0.350. The van der Waals surface area contributed by atoms with E-state index in [2.05, 4.69) is 10.6 Å². The molecule has 156 valence electrons. The first-order valence-electron chi connectivity index (χ1n) is 10.2. The number of thiophene rings is 2. The molecule has 0 bridgehead atoms. The number of hydrogen-bond acceptors (Lipinski definition) is 5. The van der Waals surface area contributed by atoms with E-state index >= 15 is 0 Å². The van der Waals surface area contributed by atoms with Crippen LogP contribution < -0.4 is 10.6 Å². The standard InChI is InChI=1S/C21H25ClN2O3S2/c1-2-27-20(25)17-13-8-4-6-10-16(13)29-19(17)24-21(26)23-11-14-12-7-3-5-9-15(12)28-18(14)22/h2-11H2,1H3,(H2,23,24,26). The number of amides is 2. The second-order valence-electron chi connectivity index (χ2n) is 7.41. The topological polar surface area (TPSA) is 67.4 Å². The van der Waals surface area contributed by atoms with Crippen molar-refractivity contribution in [3.8, 4) is 0 Å². The van der Waals surface area contributed by atoms with Crippen LogP contribution >= 0.6 is 34.3 Å². The molecule has 2 aliphatic rings. The first kappa shape index (κ1) is 20.7. The highest BCUT2D eigenvalue weighted by molar-refractivity contribution is 7.17. The molecule has 0 fully saturated rings. The summed E-state index contributed by atoms with van der Waals surface area (Å²) in [6.45, 7) is 2.51. The highest BCUT2D eigenvalue weighted by atomic mass is 35.5. The summed E-state index contributed by atoms with van der Waals surface area (Å²) < 4.78 is 6.03. The lowest BCUT2D eigenvalue weighted by Crippen LogP contribution is -2.29.